The van der Waals surface area contributed by atoms with Crippen molar-refractivity contribution in [3.05, 3.63) is 35.1 Å². The van der Waals surface area contributed by atoms with E-state index in [4.69, 9.17) is 5.73 Å². The molecule has 2 N–H and O–H groups in total. The maximum Gasteiger partial charge on any atom is 0.379 e. The Morgan fingerprint density at radius 2 is 1.75 bits per heavy atom. The third-order valence-electron chi connectivity index (χ3n) is 2.30. The van der Waals surface area contributed by atoms with Gasteiger partial charge in [-0.3, -0.25) is 0 Å². The average molecular weight is 320 g/mol. The molecule has 0 aliphatic heterocycles. The first-order valence-electron chi connectivity index (χ1n) is 5.16. The van der Waals surface area contributed by atoms with Gasteiger partial charge in [0.15, 0.2) is 17.5 Å². The quantitative estimate of drug-likeness (QED) is 0.527. The summed E-state index contributed by atoms with van der Waals surface area (Å²) in [6.07, 6.45) is 0. The van der Waals surface area contributed by atoms with Gasteiger partial charge in [0, 0.05) is 0 Å². The standard InChI is InChI=1S/C11H10F5NO2.ClH/c1-2-19-10(18)11(15,16)9(17)5-3-6(12)8(14)7(13)4-5;/h3-4,9H,2,17H2,1H3;1H/t9-;/m1./s1. The predicted octanol–water partition coefficient (Wildman–Crippen LogP) is 2.72. The molecule has 0 amide bonds. The van der Waals surface area contributed by atoms with Crippen LogP contribution in [0.2, 0.25) is 0 Å². The number of carbonyl (C=O) groups excluding carboxylic acids is 1. The lowest BCUT2D eigenvalue weighted by Gasteiger charge is -2.22. The van der Waals surface area contributed by atoms with Crippen LogP contribution >= 0.6 is 12.4 Å². The van der Waals surface area contributed by atoms with Gasteiger partial charge in [0.2, 0.25) is 0 Å². The Kier molecular flexibility index (Phi) is 6.36. The molecule has 0 aliphatic rings. The number of nitrogens with two attached hydrogens (primary N) is 1. The van der Waals surface area contributed by atoms with Gasteiger partial charge in [-0.1, -0.05) is 0 Å². The lowest BCUT2D eigenvalue weighted by Crippen LogP contribution is -2.41. The van der Waals surface area contributed by atoms with Crippen LogP contribution in [0.3, 0.4) is 0 Å². The maximum absolute atomic E-state index is 13.5. The number of alkyl halides is 2. The molecule has 0 heterocycles. The monoisotopic (exact) mass is 319 g/mol. The second-order valence-corrected chi connectivity index (χ2v) is 3.62. The van der Waals surface area contributed by atoms with Gasteiger partial charge in [-0.2, -0.15) is 8.78 Å². The van der Waals surface area contributed by atoms with Crippen molar-refractivity contribution in [2.45, 2.75) is 18.9 Å². The number of hydrogen-bond acceptors (Lipinski definition) is 3. The van der Waals surface area contributed by atoms with Gasteiger partial charge in [-0.25, -0.2) is 18.0 Å². The van der Waals surface area contributed by atoms with Crippen molar-refractivity contribution in [1.82, 2.24) is 0 Å². The molecule has 0 saturated heterocycles. The van der Waals surface area contributed by atoms with Gasteiger partial charge in [0.05, 0.1) is 6.61 Å². The topological polar surface area (TPSA) is 52.3 Å². The number of ether oxygens (including phenoxy) is 1. The predicted molar refractivity (Wildman–Crippen MR) is 62.1 cm³/mol. The number of rotatable bonds is 4. The Hall–Kier alpha value is -1.41. The van der Waals surface area contributed by atoms with Crippen LogP contribution in [0, 0.1) is 17.5 Å². The van der Waals surface area contributed by atoms with Gasteiger partial charge in [-0.05, 0) is 24.6 Å². The first-order valence-corrected chi connectivity index (χ1v) is 5.16. The molecule has 0 aromatic heterocycles. The molecule has 0 radical (unpaired) electrons. The van der Waals surface area contributed by atoms with Crippen molar-refractivity contribution in [1.29, 1.82) is 0 Å². The second kappa shape index (κ2) is 6.85. The van der Waals surface area contributed by atoms with Crippen LogP contribution in [0.25, 0.3) is 0 Å². The minimum atomic E-state index is -4.19. The molecule has 1 aromatic carbocycles. The minimum absolute atomic E-state index is 0. The zero-order valence-corrected chi connectivity index (χ0v) is 10.9. The summed E-state index contributed by atoms with van der Waals surface area (Å²) in [5, 5.41) is 0. The highest BCUT2D eigenvalue weighted by molar-refractivity contribution is 5.85. The van der Waals surface area contributed by atoms with Crippen LogP contribution in [0.1, 0.15) is 18.5 Å². The normalized spacial score (nSPS) is 12.6. The number of hydrogen-bond donors (Lipinski definition) is 1. The van der Waals surface area contributed by atoms with Crippen LogP contribution < -0.4 is 5.73 Å². The first-order chi connectivity index (χ1) is 8.71. The fourth-order valence-electron chi connectivity index (χ4n) is 1.32. The van der Waals surface area contributed by atoms with Gasteiger partial charge < -0.3 is 10.5 Å². The summed E-state index contributed by atoms with van der Waals surface area (Å²) in [6, 6.07) is -1.75. The third kappa shape index (κ3) is 3.57. The smallest absolute Gasteiger partial charge is 0.379 e. The molecular formula is C11H11ClF5NO2. The zero-order chi connectivity index (χ0) is 14.8. The Bertz CT molecular complexity index is 475. The molecule has 0 aliphatic carbocycles. The molecular weight excluding hydrogens is 309 g/mol. The molecule has 0 saturated carbocycles. The molecule has 0 unspecified atom stereocenters. The van der Waals surface area contributed by atoms with Crippen molar-refractivity contribution in [3.8, 4) is 0 Å². The van der Waals surface area contributed by atoms with Crippen molar-refractivity contribution < 1.29 is 31.5 Å². The highest BCUT2D eigenvalue weighted by Gasteiger charge is 2.48. The minimum Gasteiger partial charge on any atom is -0.462 e. The number of halogens is 6. The SMILES string of the molecule is CCOC(=O)C(F)(F)[C@H](N)c1cc(F)c(F)c(F)c1.Cl. The van der Waals surface area contributed by atoms with Gasteiger partial charge in [0.1, 0.15) is 6.04 Å². The summed E-state index contributed by atoms with van der Waals surface area (Å²) in [5.74, 6) is -11.3. The lowest BCUT2D eigenvalue weighted by atomic mass is 10.0. The van der Waals surface area contributed by atoms with E-state index in [0.29, 0.717) is 12.1 Å². The lowest BCUT2D eigenvalue weighted by molar-refractivity contribution is -0.174. The van der Waals surface area contributed by atoms with Crippen LogP contribution in [0.5, 0.6) is 0 Å². The highest BCUT2D eigenvalue weighted by Crippen LogP contribution is 2.31. The summed E-state index contributed by atoms with van der Waals surface area (Å²) >= 11 is 0. The van der Waals surface area contributed by atoms with Crippen molar-refractivity contribution >= 4 is 18.4 Å². The van der Waals surface area contributed by atoms with E-state index in [2.05, 4.69) is 4.74 Å². The zero-order valence-electron chi connectivity index (χ0n) is 10.1. The molecule has 9 heteroatoms. The van der Waals surface area contributed by atoms with Crippen LogP contribution in [-0.2, 0) is 9.53 Å². The molecule has 1 atom stereocenters. The summed E-state index contributed by atoms with van der Waals surface area (Å²) in [4.78, 5) is 11.0. The summed E-state index contributed by atoms with van der Waals surface area (Å²) < 4.78 is 69.6. The van der Waals surface area contributed by atoms with E-state index in [0.717, 1.165) is 0 Å². The molecule has 1 rings (SSSR count). The molecule has 3 nitrogen and oxygen atoms in total. The van der Waals surface area contributed by atoms with Crippen molar-refractivity contribution in [2.75, 3.05) is 6.61 Å². The van der Waals surface area contributed by atoms with Gasteiger partial charge in [-0.15, -0.1) is 12.4 Å². The van der Waals surface area contributed by atoms with Crippen LogP contribution in [-0.4, -0.2) is 18.5 Å². The van der Waals surface area contributed by atoms with Crippen LogP contribution in [0.4, 0.5) is 22.0 Å². The summed E-state index contributed by atoms with van der Waals surface area (Å²) in [6.45, 7) is 0.990. The second-order valence-electron chi connectivity index (χ2n) is 3.62. The Morgan fingerprint density at radius 1 is 1.30 bits per heavy atom. The summed E-state index contributed by atoms with van der Waals surface area (Å²) in [7, 11) is 0. The number of benzene rings is 1. The van der Waals surface area contributed by atoms with Gasteiger partial charge in [0.25, 0.3) is 0 Å². The maximum atomic E-state index is 13.5. The Balaban J connectivity index is 0.00000361. The highest BCUT2D eigenvalue weighted by atomic mass is 35.5. The van der Waals surface area contributed by atoms with E-state index >= 15 is 0 Å². The van der Waals surface area contributed by atoms with Crippen LogP contribution in [0.15, 0.2) is 12.1 Å². The van der Waals surface area contributed by atoms with E-state index in [9.17, 15) is 26.7 Å². The van der Waals surface area contributed by atoms with E-state index in [1.165, 1.54) is 6.92 Å². The molecule has 0 fully saturated rings. The first kappa shape index (κ1) is 18.6. The molecule has 114 valence electrons. The Labute approximate surface area is 117 Å². The largest absolute Gasteiger partial charge is 0.462 e. The van der Waals surface area contributed by atoms with E-state index in [1.807, 2.05) is 0 Å². The molecule has 20 heavy (non-hydrogen) atoms. The summed E-state index contributed by atoms with van der Waals surface area (Å²) in [5.41, 5.74) is 4.33. The van der Waals surface area contributed by atoms with Crippen molar-refractivity contribution in [2.24, 2.45) is 5.73 Å². The van der Waals surface area contributed by atoms with E-state index in [1.54, 1.807) is 0 Å². The fraction of sp³-hybridized carbons (Fsp3) is 0.364. The van der Waals surface area contributed by atoms with Crippen molar-refractivity contribution in [3.63, 3.8) is 0 Å². The third-order valence-corrected chi connectivity index (χ3v) is 2.30. The van der Waals surface area contributed by atoms with E-state index in [-0.39, 0.29) is 19.0 Å². The Morgan fingerprint density at radius 3 is 2.15 bits per heavy atom. The van der Waals surface area contributed by atoms with E-state index < -0.39 is 40.9 Å². The molecule has 0 spiro atoms. The number of esters is 1. The molecule has 0 bridgehead atoms. The average Bonchev–Trinajstić information content (AvgIpc) is 2.34. The fourth-order valence-corrected chi connectivity index (χ4v) is 1.32. The number of carbonyl (C=O) groups is 1. The van der Waals surface area contributed by atoms with Gasteiger partial charge >= 0.3 is 11.9 Å². The molecule has 1 aromatic rings.